The molecule has 1 N–H and O–H groups in total. The maximum absolute atomic E-state index is 13.1. The number of hydrogen-bond donors (Lipinski definition) is 1. The topological polar surface area (TPSA) is 102 Å². The normalized spacial score (nSPS) is 24.7. The van der Waals surface area contributed by atoms with E-state index in [1.165, 1.54) is 7.11 Å². The lowest BCUT2D eigenvalue weighted by Gasteiger charge is -2.31. The molecule has 2 aliphatic heterocycles. The quantitative estimate of drug-likeness (QED) is 0.394. The van der Waals surface area contributed by atoms with Gasteiger partial charge in [-0.1, -0.05) is 50.0 Å². The lowest BCUT2D eigenvalue weighted by molar-refractivity contribution is -0.152. The van der Waals surface area contributed by atoms with Gasteiger partial charge in [-0.15, -0.1) is 0 Å². The fourth-order valence-corrected chi connectivity index (χ4v) is 9.05. The maximum atomic E-state index is 13.1. The summed E-state index contributed by atoms with van der Waals surface area (Å²) < 4.78 is 38.1. The highest BCUT2D eigenvalue weighted by Gasteiger charge is 2.63. The monoisotopic (exact) mass is 496 g/mol. The first-order valence-corrected chi connectivity index (χ1v) is 16.9. The minimum Gasteiger partial charge on any atom is -0.467 e. The Morgan fingerprint density at radius 1 is 1.21 bits per heavy atom. The predicted molar refractivity (Wildman–Crippen MR) is 129 cm³/mol. The van der Waals surface area contributed by atoms with Crippen LogP contribution in [0.3, 0.4) is 0 Å². The molecular weight excluding hydrogens is 460 g/mol. The van der Waals surface area contributed by atoms with Gasteiger partial charge in [-0.2, -0.15) is 0 Å². The lowest BCUT2D eigenvalue weighted by atomic mass is 9.79. The molecule has 0 spiro atoms. The smallest absolute Gasteiger partial charge is 0.411 e. The van der Waals surface area contributed by atoms with Crippen molar-refractivity contribution in [2.24, 2.45) is 5.92 Å². The minimum atomic E-state index is -3.34. The van der Waals surface area contributed by atoms with Gasteiger partial charge in [0.15, 0.2) is 0 Å². The molecule has 3 rings (SSSR count). The molecule has 2 bridgehead atoms. The molecule has 1 aromatic carbocycles. The highest BCUT2D eigenvalue weighted by atomic mass is 32.2. The van der Waals surface area contributed by atoms with Gasteiger partial charge in [-0.05, 0) is 43.2 Å². The number of rotatable bonds is 10. The first-order chi connectivity index (χ1) is 15.5. The summed E-state index contributed by atoms with van der Waals surface area (Å²) in [6.07, 6.45) is 1.69. The van der Waals surface area contributed by atoms with Crippen LogP contribution in [0.2, 0.25) is 25.7 Å². The van der Waals surface area contributed by atoms with Crippen LogP contribution in [-0.4, -0.2) is 64.4 Å². The summed E-state index contributed by atoms with van der Waals surface area (Å²) in [5.41, 5.74) is -0.164. The molecule has 2 heterocycles. The Morgan fingerprint density at radius 3 is 2.55 bits per heavy atom. The molecule has 2 fully saturated rings. The Kier molecular flexibility index (Phi) is 7.90. The molecule has 10 heteroatoms. The van der Waals surface area contributed by atoms with Crippen LogP contribution in [0.4, 0.5) is 4.79 Å². The van der Waals surface area contributed by atoms with E-state index in [1.54, 1.807) is 4.90 Å². The number of benzene rings is 1. The van der Waals surface area contributed by atoms with Crippen LogP contribution in [-0.2, 0) is 30.9 Å². The first kappa shape index (κ1) is 25.7. The molecule has 1 aromatic rings. The molecule has 0 aromatic heterocycles. The first-order valence-electron chi connectivity index (χ1n) is 11.5. The summed E-state index contributed by atoms with van der Waals surface area (Å²) in [6.45, 7) is 6.86. The average Bonchev–Trinajstić information content (AvgIpc) is 3.30. The summed E-state index contributed by atoms with van der Waals surface area (Å²) in [5.74, 6) is -0.289. The van der Waals surface area contributed by atoms with Crippen LogP contribution in [0.5, 0.6) is 0 Å². The second kappa shape index (κ2) is 10.1. The number of carbonyl (C=O) groups excluding carboxylic acids is 2. The van der Waals surface area contributed by atoms with Crippen LogP contribution in [0.15, 0.2) is 30.3 Å². The van der Waals surface area contributed by atoms with Crippen molar-refractivity contribution in [1.29, 1.82) is 0 Å². The number of carbonyl (C=O) groups is 2. The van der Waals surface area contributed by atoms with Crippen LogP contribution in [0.1, 0.15) is 31.2 Å². The van der Waals surface area contributed by atoms with Crippen molar-refractivity contribution in [2.45, 2.75) is 69.6 Å². The molecule has 8 nitrogen and oxygen atoms in total. The van der Waals surface area contributed by atoms with Gasteiger partial charge in [0.25, 0.3) is 0 Å². The van der Waals surface area contributed by atoms with Gasteiger partial charge in [-0.3, -0.25) is 4.90 Å². The summed E-state index contributed by atoms with van der Waals surface area (Å²) in [4.78, 5) is 27.4. The Bertz CT molecular complexity index is 949. The van der Waals surface area contributed by atoms with Crippen molar-refractivity contribution in [3.05, 3.63) is 35.9 Å². The average molecular weight is 497 g/mol. The van der Waals surface area contributed by atoms with Crippen molar-refractivity contribution in [1.82, 2.24) is 9.62 Å². The molecular formula is C23H36N2O6SSi. The zero-order valence-corrected chi connectivity index (χ0v) is 21.8. The minimum absolute atomic E-state index is 0.00168. The summed E-state index contributed by atoms with van der Waals surface area (Å²) in [6, 6.07) is 9.93. The second-order valence-electron chi connectivity index (χ2n) is 10.3. The van der Waals surface area contributed by atoms with E-state index in [2.05, 4.69) is 24.4 Å². The van der Waals surface area contributed by atoms with Gasteiger partial charge in [0.05, 0.1) is 12.9 Å². The Hall–Kier alpha value is -1.91. The molecule has 0 unspecified atom stereocenters. The van der Waals surface area contributed by atoms with E-state index in [1.807, 2.05) is 30.3 Å². The van der Waals surface area contributed by atoms with Crippen molar-refractivity contribution in [2.75, 3.05) is 19.4 Å². The Morgan fingerprint density at radius 2 is 1.91 bits per heavy atom. The van der Waals surface area contributed by atoms with Crippen molar-refractivity contribution in [3.8, 4) is 0 Å². The van der Waals surface area contributed by atoms with Crippen LogP contribution in [0.25, 0.3) is 0 Å². The fraction of sp³-hybridized carbons (Fsp3) is 0.652. The summed E-state index contributed by atoms with van der Waals surface area (Å²) >= 11 is 0. The Balaban J connectivity index is 1.63. The van der Waals surface area contributed by atoms with Crippen LogP contribution < -0.4 is 4.72 Å². The van der Waals surface area contributed by atoms with Crippen LogP contribution in [0, 0.1) is 5.92 Å². The van der Waals surface area contributed by atoms with E-state index in [-0.39, 0.29) is 24.3 Å². The zero-order valence-electron chi connectivity index (χ0n) is 20.0. The van der Waals surface area contributed by atoms with Crippen molar-refractivity contribution >= 4 is 30.2 Å². The molecule has 2 aliphatic rings. The number of sulfonamides is 1. The number of fused-ring (bicyclic) bond motifs is 2. The molecule has 0 aliphatic carbocycles. The third-order valence-corrected chi connectivity index (χ3v) is 10.2. The molecule has 2 saturated heterocycles. The van der Waals surface area contributed by atoms with Crippen LogP contribution >= 0.6 is 0 Å². The SMILES string of the molecule is COC(=O)[C@]12CC[C@H]([C@H](CCNS(=O)(=O)CC[Si](C)(C)C)C1)N2C(=O)OCc1ccccc1. The number of nitrogens with one attached hydrogen (secondary N) is 1. The van der Waals surface area contributed by atoms with Gasteiger partial charge in [0.2, 0.25) is 10.0 Å². The van der Waals surface area contributed by atoms with Gasteiger partial charge in [-0.25, -0.2) is 22.7 Å². The molecule has 184 valence electrons. The van der Waals surface area contributed by atoms with Gasteiger partial charge < -0.3 is 9.47 Å². The predicted octanol–water partition coefficient (Wildman–Crippen LogP) is 3.37. The highest BCUT2D eigenvalue weighted by molar-refractivity contribution is 7.89. The molecule has 3 atom stereocenters. The number of amides is 1. The maximum Gasteiger partial charge on any atom is 0.411 e. The molecule has 33 heavy (non-hydrogen) atoms. The number of nitrogens with zero attached hydrogens (tertiary/aromatic N) is 1. The van der Waals surface area contributed by atoms with Gasteiger partial charge in [0.1, 0.15) is 12.1 Å². The second-order valence-corrected chi connectivity index (χ2v) is 17.9. The van der Waals surface area contributed by atoms with E-state index < -0.39 is 35.7 Å². The standard InChI is InChI=1S/C23H36N2O6SSi/c1-30-21(26)23-12-10-20(25(23)22(27)31-17-18-8-6-5-7-9-18)19(16-23)11-13-24-32(28,29)14-15-33(2,3)4/h5-9,19-20,24H,10-17H2,1-4H3/t19-,20-,23+/m1/s1. The molecule has 0 saturated carbocycles. The van der Waals surface area contributed by atoms with E-state index in [9.17, 15) is 18.0 Å². The van der Waals surface area contributed by atoms with Gasteiger partial charge >= 0.3 is 12.1 Å². The molecule has 1 amide bonds. The van der Waals surface area contributed by atoms with E-state index in [4.69, 9.17) is 9.47 Å². The van der Waals surface area contributed by atoms with E-state index in [0.717, 1.165) is 5.56 Å². The van der Waals surface area contributed by atoms with Crippen molar-refractivity contribution in [3.63, 3.8) is 0 Å². The highest BCUT2D eigenvalue weighted by Crippen LogP contribution is 2.51. The van der Waals surface area contributed by atoms with Crippen molar-refractivity contribution < 1.29 is 27.5 Å². The summed E-state index contributed by atoms with van der Waals surface area (Å²) in [7, 11) is -3.46. The fourth-order valence-electron chi connectivity index (χ4n) is 4.95. The van der Waals surface area contributed by atoms with E-state index in [0.29, 0.717) is 38.3 Å². The number of ether oxygens (including phenoxy) is 2. The zero-order chi connectivity index (χ0) is 24.3. The summed E-state index contributed by atoms with van der Waals surface area (Å²) in [5, 5.41) is 0. The largest absolute Gasteiger partial charge is 0.467 e. The number of methoxy groups -OCH3 is 1. The lowest BCUT2D eigenvalue weighted by Crippen LogP contribution is -2.51. The van der Waals surface area contributed by atoms with Gasteiger partial charge in [0, 0.05) is 20.7 Å². The Labute approximate surface area is 198 Å². The number of hydrogen-bond acceptors (Lipinski definition) is 6. The third kappa shape index (κ3) is 6.16. The number of esters is 1. The molecule has 0 radical (unpaired) electrons. The third-order valence-electron chi connectivity index (χ3n) is 6.72. The van der Waals surface area contributed by atoms with E-state index >= 15 is 0 Å².